The van der Waals surface area contributed by atoms with Crippen molar-refractivity contribution < 1.29 is 17.9 Å². The highest BCUT2D eigenvalue weighted by atomic mass is 35.5. The molecule has 0 aliphatic carbocycles. The lowest BCUT2D eigenvalue weighted by atomic mass is 9.95. The molecule has 1 atom stereocenters. The van der Waals surface area contributed by atoms with E-state index < -0.39 is 6.36 Å². The van der Waals surface area contributed by atoms with E-state index in [1.54, 1.807) is 12.1 Å². The van der Waals surface area contributed by atoms with Gasteiger partial charge in [0.25, 0.3) is 0 Å². The zero-order valence-electron chi connectivity index (χ0n) is 12.5. The van der Waals surface area contributed by atoms with E-state index in [1.165, 1.54) is 12.1 Å². The molecule has 2 N–H and O–H groups in total. The van der Waals surface area contributed by atoms with E-state index in [2.05, 4.69) is 16.6 Å². The molecule has 1 saturated heterocycles. The van der Waals surface area contributed by atoms with Gasteiger partial charge in [-0.05, 0) is 63.0 Å². The first kappa shape index (κ1) is 19.1. The molecular formula is C15H22ClF3N2O. The maximum Gasteiger partial charge on any atom is 0.573 e. The number of likely N-dealkylation sites (tertiary alicyclic amines) is 1. The van der Waals surface area contributed by atoms with Gasteiger partial charge in [-0.25, -0.2) is 0 Å². The van der Waals surface area contributed by atoms with Crippen molar-refractivity contribution in [2.75, 3.05) is 19.6 Å². The van der Waals surface area contributed by atoms with Gasteiger partial charge in [0.1, 0.15) is 5.75 Å². The van der Waals surface area contributed by atoms with Crippen LogP contribution in [0.3, 0.4) is 0 Å². The van der Waals surface area contributed by atoms with Crippen LogP contribution in [0.25, 0.3) is 0 Å². The van der Waals surface area contributed by atoms with Crippen molar-refractivity contribution in [3.63, 3.8) is 0 Å². The fraction of sp³-hybridized carbons (Fsp3) is 0.600. The van der Waals surface area contributed by atoms with Crippen LogP contribution in [0.4, 0.5) is 13.2 Å². The van der Waals surface area contributed by atoms with E-state index in [0.29, 0.717) is 5.92 Å². The summed E-state index contributed by atoms with van der Waals surface area (Å²) in [6.45, 7) is 4.75. The number of nitrogens with two attached hydrogens (primary N) is 1. The number of hydrogen-bond acceptors (Lipinski definition) is 3. The summed E-state index contributed by atoms with van der Waals surface area (Å²) in [6.07, 6.45) is -2.48. The molecule has 1 aromatic rings. The second-order valence-corrected chi connectivity index (χ2v) is 5.51. The number of rotatable bonds is 4. The zero-order valence-corrected chi connectivity index (χ0v) is 13.3. The summed E-state index contributed by atoms with van der Waals surface area (Å²) in [6, 6.07) is 6.31. The third-order valence-electron chi connectivity index (χ3n) is 4.13. The Morgan fingerprint density at radius 2 is 1.77 bits per heavy atom. The van der Waals surface area contributed by atoms with Gasteiger partial charge in [-0.1, -0.05) is 12.1 Å². The summed E-state index contributed by atoms with van der Waals surface area (Å²) < 4.78 is 40.2. The Morgan fingerprint density at radius 3 is 2.23 bits per heavy atom. The molecule has 1 heterocycles. The summed E-state index contributed by atoms with van der Waals surface area (Å²) in [7, 11) is 0. The Morgan fingerprint density at radius 1 is 1.23 bits per heavy atom. The number of ether oxygens (including phenoxy) is 1. The Labute approximate surface area is 135 Å². The Bertz CT molecular complexity index is 445. The van der Waals surface area contributed by atoms with Crippen LogP contribution in [0.2, 0.25) is 0 Å². The van der Waals surface area contributed by atoms with Crippen LogP contribution in [0.5, 0.6) is 5.75 Å². The maximum atomic E-state index is 12.1. The summed E-state index contributed by atoms with van der Waals surface area (Å²) in [5.41, 5.74) is 6.67. The molecule has 0 amide bonds. The first-order valence-electron chi connectivity index (χ1n) is 7.19. The highest BCUT2D eigenvalue weighted by Crippen LogP contribution is 2.28. The maximum absolute atomic E-state index is 12.1. The van der Waals surface area contributed by atoms with Crippen molar-refractivity contribution in [2.45, 2.75) is 32.2 Å². The molecular weight excluding hydrogens is 317 g/mol. The van der Waals surface area contributed by atoms with Crippen molar-refractivity contribution in [3.8, 4) is 5.75 Å². The summed E-state index contributed by atoms with van der Waals surface area (Å²) in [5, 5.41) is 0. The van der Waals surface area contributed by atoms with Gasteiger partial charge in [-0.3, -0.25) is 4.90 Å². The van der Waals surface area contributed by atoms with Gasteiger partial charge < -0.3 is 10.5 Å². The van der Waals surface area contributed by atoms with Crippen LogP contribution in [-0.2, 0) is 0 Å². The largest absolute Gasteiger partial charge is 0.573 e. The van der Waals surface area contributed by atoms with Crippen molar-refractivity contribution in [3.05, 3.63) is 29.8 Å². The third-order valence-corrected chi connectivity index (χ3v) is 4.13. The molecule has 1 fully saturated rings. The third kappa shape index (κ3) is 5.34. The number of benzene rings is 1. The lowest BCUT2D eigenvalue weighted by molar-refractivity contribution is -0.274. The first-order valence-corrected chi connectivity index (χ1v) is 7.19. The molecule has 22 heavy (non-hydrogen) atoms. The second-order valence-electron chi connectivity index (χ2n) is 5.51. The van der Waals surface area contributed by atoms with Crippen LogP contribution < -0.4 is 10.5 Å². The monoisotopic (exact) mass is 338 g/mol. The summed E-state index contributed by atoms with van der Waals surface area (Å²) in [5.74, 6) is 0.413. The van der Waals surface area contributed by atoms with Gasteiger partial charge in [0.2, 0.25) is 0 Å². The summed E-state index contributed by atoms with van der Waals surface area (Å²) >= 11 is 0. The second kappa shape index (κ2) is 8.04. The van der Waals surface area contributed by atoms with E-state index in [4.69, 9.17) is 5.73 Å². The quantitative estimate of drug-likeness (QED) is 0.909. The van der Waals surface area contributed by atoms with Gasteiger partial charge >= 0.3 is 6.36 Å². The molecule has 126 valence electrons. The molecule has 3 nitrogen and oxygen atoms in total. The molecule has 0 spiro atoms. The van der Waals surface area contributed by atoms with Crippen molar-refractivity contribution >= 4 is 12.4 Å². The van der Waals surface area contributed by atoms with Crippen LogP contribution >= 0.6 is 12.4 Å². The molecule has 0 radical (unpaired) electrons. The lowest BCUT2D eigenvalue weighted by Gasteiger charge is -2.36. The molecule has 2 rings (SSSR count). The Balaban J connectivity index is 0.00000242. The van der Waals surface area contributed by atoms with E-state index in [-0.39, 0.29) is 24.2 Å². The van der Waals surface area contributed by atoms with E-state index in [1.807, 2.05) is 0 Å². The Hall–Kier alpha value is -0.980. The van der Waals surface area contributed by atoms with Crippen LogP contribution in [0.1, 0.15) is 31.4 Å². The lowest BCUT2D eigenvalue weighted by Crippen LogP contribution is -2.37. The molecule has 7 heteroatoms. The number of piperidine rings is 1. The average Bonchev–Trinajstić information content (AvgIpc) is 2.46. The molecule has 0 aromatic heterocycles. The van der Waals surface area contributed by atoms with Gasteiger partial charge in [0.15, 0.2) is 0 Å². The Kier molecular flexibility index (Phi) is 6.97. The van der Waals surface area contributed by atoms with Crippen LogP contribution in [0, 0.1) is 5.92 Å². The van der Waals surface area contributed by atoms with Crippen LogP contribution in [-0.4, -0.2) is 30.9 Å². The highest BCUT2D eigenvalue weighted by Gasteiger charge is 2.31. The van der Waals surface area contributed by atoms with Crippen molar-refractivity contribution in [1.82, 2.24) is 4.90 Å². The molecule has 1 unspecified atom stereocenters. The minimum atomic E-state index is -4.64. The minimum Gasteiger partial charge on any atom is -0.406 e. The average molecular weight is 339 g/mol. The molecule has 1 aliphatic heterocycles. The normalized spacial score (nSPS) is 18.6. The van der Waals surface area contributed by atoms with E-state index in [0.717, 1.165) is 38.0 Å². The van der Waals surface area contributed by atoms with Gasteiger partial charge in [0, 0.05) is 6.04 Å². The molecule has 1 aliphatic rings. The number of hydrogen-bond donors (Lipinski definition) is 1. The van der Waals surface area contributed by atoms with E-state index in [9.17, 15) is 13.2 Å². The first-order chi connectivity index (χ1) is 9.89. The molecule has 0 bridgehead atoms. The predicted octanol–water partition coefficient (Wildman–Crippen LogP) is 3.74. The van der Waals surface area contributed by atoms with Gasteiger partial charge in [-0.15, -0.1) is 25.6 Å². The van der Waals surface area contributed by atoms with Gasteiger partial charge in [-0.2, -0.15) is 0 Å². The van der Waals surface area contributed by atoms with Crippen LogP contribution in [0.15, 0.2) is 24.3 Å². The van der Waals surface area contributed by atoms with Crippen molar-refractivity contribution in [2.24, 2.45) is 11.7 Å². The summed E-state index contributed by atoms with van der Waals surface area (Å²) in [4.78, 5) is 2.34. The zero-order chi connectivity index (χ0) is 15.5. The fourth-order valence-corrected chi connectivity index (χ4v) is 2.73. The van der Waals surface area contributed by atoms with Gasteiger partial charge in [0.05, 0.1) is 0 Å². The highest BCUT2D eigenvalue weighted by molar-refractivity contribution is 5.85. The SMILES string of the molecule is CC(c1ccc(OC(F)(F)F)cc1)N1CCC(CN)CC1.Cl. The van der Waals surface area contributed by atoms with E-state index >= 15 is 0 Å². The molecule has 1 aromatic carbocycles. The standard InChI is InChI=1S/C15H21F3N2O.ClH/c1-11(20-8-6-12(10-19)7-9-20)13-2-4-14(5-3-13)21-15(16,17)18;/h2-5,11-12H,6-10,19H2,1H3;1H. The minimum absolute atomic E-state index is 0. The predicted molar refractivity (Wildman–Crippen MR) is 82.1 cm³/mol. The fourth-order valence-electron chi connectivity index (χ4n) is 2.73. The number of alkyl halides is 3. The van der Waals surface area contributed by atoms with Crippen molar-refractivity contribution in [1.29, 1.82) is 0 Å². The molecule has 0 saturated carbocycles. The number of halogens is 4. The topological polar surface area (TPSA) is 38.5 Å². The smallest absolute Gasteiger partial charge is 0.406 e. The number of nitrogens with zero attached hydrogens (tertiary/aromatic N) is 1.